The molecule has 0 aliphatic rings. The van der Waals surface area contributed by atoms with Gasteiger partial charge >= 0.3 is 0 Å². The Bertz CT molecular complexity index is 1150. The van der Waals surface area contributed by atoms with Gasteiger partial charge in [-0.15, -0.1) is 0 Å². The van der Waals surface area contributed by atoms with Crippen molar-refractivity contribution in [2.24, 2.45) is 0 Å². The van der Waals surface area contributed by atoms with E-state index < -0.39 is 29.3 Å². The van der Waals surface area contributed by atoms with Gasteiger partial charge in [0.05, 0.1) is 0 Å². The van der Waals surface area contributed by atoms with Gasteiger partial charge in [0.15, 0.2) is 11.5 Å². The van der Waals surface area contributed by atoms with Crippen molar-refractivity contribution in [3.05, 3.63) is 125 Å². The number of benzene rings is 4. The van der Waals surface area contributed by atoms with Crippen LogP contribution in [0.2, 0.25) is 19.6 Å². The second kappa shape index (κ2) is 12.6. The third kappa shape index (κ3) is 5.78. The second-order valence-corrected chi connectivity index (χ2v) is 10.9. The highest BCUT2D eigenvalue weighted by Gasteiger charge is 2.32. The first-order valence-electron chi connectivity index (χ1n) is 12.5. The molecular weight excluding hydrogens is 481 g/mol. The van der Waals surface area contributed by atoms with Crippen LogP contribution in [0, 0.1) is 0 Å². The fourth-order valence-corrected chi connectivity index (χ4v) is 6.44. The second-order valence-electron chi connectivity index (χ2n) is 8.30. The summed E-state index contributed by atoms with van der Waals surface area (Å²) in [4.78, 5) is 0. The molecule has 6 heteroatoms. The van der Waals surface area contributed by atoms with Gasteiger partial charge in [0.2, 0.25) is 29.3 Å². The number of rotatable bonds is 11. The van der Waals surface area contributed by atoms with Crippen LogP contribution < -0.4 is 13.3 Å². The lowest BCUT2D eigenvalue weighted by atomic mass is 9.73. The standard InChI is InChI=1S/C29H34O3Si3/c1-33-30-25-20-19-24(28(31-34-2)29(25)32-35-3)27(23-17-11-6-12-18-23)26(21-13-7-4-8-14-21)22-15-9-5-10-16-22/h4-20,26-27H,33-35H2,1-3H3. The summed E-state index contributed by atoms with van der Waals surface area (Å²) in [5.74, 6) is 2.67. The van der Waals surface area contributed by atoms with Crippen LogP contribution >= 0.6 is 0 Å². The van der Waals surface area contributed by atoms with Crippen LogP contribution in [-0.2, 0) is 0 Å². The maximum atomic E-state index is 6.50. The van der Waals surface area contributed by atoms with Crippen LogP contribution in [0.1, 0.15) is 34.1 Å². The quantitative estimate of drug-likeness (QED) is 0.258. The first-order valence-corrected chi connectivity index (χ1v) is 18.5. The smallest absolute Gasteiger partial charge is 0.216 e. The van der Waals surface area contributed by atoms with E-state index >= 15 is 0 Å². The summed E-state index contributed by atoms with van der Waals surface area (Å²) in [6, 6.07) is 36.7. The zero-order valence-electron chi connectivity index (χ0n) is 20.8. The Morgan fingerprint density at radius 1 is 0.457 bits per heavy atom. The van der Waals surface area contributed by atoms with E-state index in [1.807, 2.05) is 0 Å². The molecular formula is C29H34O3Si3. The fraction of sp³-hybridized carbons (Fsp3) is 0.172. The van der Waals surface area contributed by atoms with Crippen molar-refractivity contribution < 1.29 is 13.3 Å². The monoisotopic (exact) mass is 514 g/mol. The minimum absolute atomic E-state index is 0.0466. The Hall–Kier alpha value is -3.07. The third-order valence-corrected chi connectivity index (χ3v) is 7.88. The average Bonchev–Trinajstić information content (AvgIpc) is 2.91. The average molecular weight is 515 g/mol. The Morgan fingerprint density at radius 3 is 1.34 bits per heavy atom. The molecule has 0 heterocycles. The molecule has 180 valence electrons. The molecule has 4 rings (SSSR count). The summed E-state index contributed by atoms with van der Waals surface area (Å²) in [6.07, 6.45) is 0. The lowest BCUT2D eigenvalue weighted by Gasteiger charge is -2.32. The topological polar surface area (TPSA) is 27.7 Å². The third-order valence-electron chi connectivity index (χ3n) is 6.13. The summed E-state index contributed by atoms with van der Waals surface area (Å²) in [7, 11) is -2.10. The van der Waals surface area contributed by atoms with Crippen molar-refractivity contribution in [3.63, 3.8) is 0 Å². The van der Waals surface area contributed by atoms with Gasteiger partial charge < -0.3 is 13.3 Å². The molecule has 0 N–H and O–H groups in total. The summed E-state index contributed by atoms with van der Waals surface area (Å²) >= 11 is 0. The van der Waals surface area contributed by atoms with E-state index in [0.717, 1.165) is 22.8 Å². The zero-order chi connectivity index (χ0) is 24.5. The normalized spacial score (nSPS) is 12.8. The van der Waals surface area contributed by atoms with Crippen molar-refractivity contribution in [2.45, 2.75) is 31.5 Å². The fourth-order valence-electron chi connectivity index (χ4n) is 4.76. The van der Waals surface area contributed by atoms with Gasteiger partial charge in [0.1, 0.15) is 5.75 Å². The highest BCUT2D eigenvalue weighted by Crippen LogP contribution is 2.50. The molecule has 0 fully saturated rings. The van der Waals surface area contributed by atoms with Crippen LogP contribution in [0.15, 0.2) is 103 Å². The predicted molar refractivity (Wildman–Crippen MR) is 155 cm³/mol. The molecule has 0 aliphatic carbocycles. The molecule has 0 saturated heterocycles. The van der Waals surface area contributed by atoms with Crippen molar-refractivity contribution in [3.8, 4) is 17.2 Å². The molecule has 0 bridgehead atoms. The molecule has 0 aliphatic heterocycles. The van der Waals surface area contributed by atoms with Crippen molar-refractivity contribution in [1.82, 2.24) is 0 Å². The minimum Gasteiger partial charge on any atom is -0.547 e. The van der Waals surface area contributed by atoms with E-state index in [1.165, 1.54) is 16.7 Å². The Balaban J connectivity index is 2.01. The highest BCUT2D eigenvalue weighted by molar-refractivity contribution is 6.28. The molecule has 1 atom stereocenters. The SMILES string of the molecule is C[SiH2]Oc1ccc(C(c2ccccc2)C(c2ccccc2)c2ccccc2)c(O[SiH2]C)c1O[SiH2]C. The molecule has 3 nitrogen and oxygen atoms in total. The molecule has 1 unspecified atom stereocenters. The van der Waals surface area contributed by atoms with E-state index in [-0.39, 0.29) is 11.8 Å². The van der Waals surface area contributed by atoms with E-state index in [0.29, 0.717) is 0 Å². The van der Waals surface area contributed by atoms with Gasteiger partial charge in [-0.3, -0.25) is 0 Å². The highest BCUT2D eigenvalue weighted by atomic mass is 28.2. The molecule has 4 aromatic carbocycles. The molecule has 0 saturated carbocycles. The van der Waals surface area contributed by atoms with Crippen molar-refractivity contribution >= 4 is 29.3 Å². The van der Waals surface area contributed by atoms with Crippen molar-refractivity contribution in [2.75, 3.05) is 0 Å². The predicted octanol–water partition coefficient (Wildman–Crippen LogP) is 5.18. The lowest BCUT2D eigenvalue weighted by molar-refractivity contribution is 0.481. The van der Waals surface area contributed by atoms with Gasteiger partial charge in [0.25, 0.3) is 0 Å². The summed E-state index contributed by atoms with van der Waals surface area (Å²) in [5.41, 5.74) is 4.97. The molecule has 0 amide bonds. The summed E-state index contributed by atoms with van der Waals surface area (Å²) in [6.45, 7) is 6.46. The number of hydrogen-bond acceptors (Lipinski definition) is 3. The largest absolute Gasteiger partial charge is 0.547 e. The van der Waals surface area contributed by atoms with Gasteiger partial charge in [-0.1, -0.05) is 97.1 Å². The van der Waals surface area contributed by atoms with E-state index in [1.54, 1.807) is 0 Å². The van der Waals surface area contributed by atoms with Crippen LogP contribution in [0.25, 0.3) is 0 Å². The van der Waals surface area contributed by atoms with Gasteiger partial charge in [0, 0.05) is 17.4 Å². The van der Waals surface area contributed by atoms with Gasteiger partial charge in [-0.05, 0) is 42.4 Å². The first kappa shape index (κ1) is 25.0. The first-order chi connectivity index (χ1) is 17.3. The Kier molecular flexibility index (Phi) is 9.00. The zero-order valence-corrected chi connectivity index (χ0v) is 25.1. The molecule has 4 aromatic rings. The number of hydrogen-bond donors (Lipinski definition) is 0. The van der Waals surface area contributed by atoms with Crippen LogP contribution in [-0.4, -0.2) is 29.3 Å². The molecule has 0 radical (unpaired) electrons. The van der Waals surface area contributed by atoms with Gasteiger partial charge in [-0.25, -0.2) is 0 Å². The van der Waals surface area contributed by atoms with E-state index in [2.05, 4.69) is 123 Å². The minimum atomic E-state index is -0.745. The van der Waals surface area contributed by atoms with E-state index in [4.69, 9.17) is 13.3 Å². The Labute approximate surface area is 216 Å². The van der Waals surface area contributed by atoms with Crippen molar-refractivity contribution in [1.29, 1.82) is 0 Å². The Morgan fingerprint density at radius 2 is 0.886 bits per heavy atom. The molecule has 0 spiro atoms. The summed E-state index contributed by atoms with van der Waals surface area (Å²) in [5, 5.41) is 0. The van der Waals surface area contributed by atoms with E-state index in [9.17, 15) is 0 Å². The molecule has 0 aromatic heterocycles. The maximum absolute atomic E-state index is 6.50. The van der Waals surface area contributed by atoms with Crippen LogP contribution in [0.3, 0.4) is 0 Å². The molecule has 35 heavy (non-hydrogen) atoms. The van der Waals surface area contributed by atoms with Crippen LogP contribution in [0.4, 0.5) is 0 Å². The summed E-state index contributed by atoms with van der Waals surface area (Å²) < 4.78 is 18.9. The lowest BCUT2D eigenvalue weighted by Crippen LogP contribution is -2.17. The van der Waals surface area contributed by atoms with Crippen LogP contribution in [0.5, 0.6) is 17.2 Å². The maximum Gasteiger partial charge on any atom is 0.216 e. The van der Waals surface area contributed by atoms with Gasteiger partial charge in [-0.2, -0.15) is 0 Å².